The number of esters is 3. The van der Waals surface area contributed by atoms with Gasteiger partial charge in [-0.05, 0) is 70.6 Å². The van der Waals surface area contributed by atoms with Gasteiger partial charge in [0.1, 0.15) is 12.7 Å². The van der Waals surface area contributed by atoms with Gasteiger partial charge in [-0.1, -0.05) is 182 Å². The van der Waals surface area contributed by atoms with Crippen molar-refractivity contribution in [2.75, 3.05) is 26.4 Å². The molecule has 2 N–H and O–H groups in total. The third-order valence-electron chi connectivity index (χ3n) is 9.24. The van der Waals surface area contributed by atoms with E-state index in [4.69, 9.17) is 23.3 Å². The lowest BCUT2D eigenvalue weighted by Gasteiger charge is -2.21. The second-order valence-electron chi connectivity index (χ2n) is 15.2. The van der Waals surface area contributed by atoms with Crippen molar-refractivity contribution in [2.24, 2.45) is 0 Å². The summed E-state index contributed by atoms with van der Waals surface area (Å²) in [5, 5.41) is 9.72. The summed E-state index contributed by atoms with van der Waals surface area (Å²) < 4.78 is 39.0. The summed E-state index contributed by atoms with van der Waals surface area (Å²) in [4.78, 5) is 48.0. The van der Waals surface area contributed by atoms with Crippen molar-refractivity contribution < 1.29 is 52.2 Å². The van der Waals surface area contributed by atoms with Crippen LogP contribution in [0.4, 0.5) is 0 Å². The lowest BCUT2D eigenvalue weighted by molar-refractivity contribution is -0.160. The molecule has 3 atom stereocenters. The maximum Gasteiger partial charge on any atom is 0.472 e. The standard InChI is InChI=1S/C52H83O11P/c1-4-7-10-13-16-19-21-23-24-26-28-31-34-37-40-43-52(56)63-49(45-59-50(54)41-38-35-32-29-18-15-12-9-6-3)47-61-64(57,58)60-46-48(44-53)62-51(55)42-39-36-33-30-27-25-22-20-17-14-11-8-5-2/h7-8,10-11,16-17,19-20,23-25,27-28,31,33,36-37,40,48-49,53H,4-6,9,12-15,18,21-22,26,29-30,32,34-35,38-39,41-47H2,1-3H3,(H,57,58)/b10-7-,11-8-,19-16-,20-17-,24-23-,27-25-,31-28-,36-33-,40-37-. The molecule has 0 aromatic heterocycles. The van der Waals surface area contributed by atoms with Crippen LogP contribution in [-0.4, -0.2) is 66.5 Å². The number of ether oxygens (including phenoxy) is 3. The molecule has 0 heterocycles. The second kappa shape index (κ2) is 45.7. The number of rotatable bonds is 42. The van der Waals surface area contributed by atoms with Gasteiger partial charge in [0.05, 0.1) is 26.2 Å². The van der Waals surface area contributed by atoms with Crippen molar-refractivity contribution in [3.05, 3.63) is 109 Å². The third-order valence-corrected chi connectivity index (χ3v) is 10.2. The molecule has 12 heteroatoms. The van der Waals surface area contributed by atoms with Gasteiger partial charge >= 0.3 is 25.7 Å². The second-order valence-corrected chi connectivity index (χ2v) is 16.6. The molecule has 0 aromatic carbocycles. The smallest absolute Gasteiger partial charge is 0.462 e. The number of hydrogen-bond acceptors (Lipinski definition) is 10. The Morgan fingerprint density at radius 3 is 1.34 bits per heavy atom. The fraction of sp³-hybridized carbons (Fsp3) is 0.596. The molecule has 0 bridgehead atoms. The lowest BCUT2D eigenvalue weighted by Crippen LogP contribution is -2.30. The molecule has 0 aliphatic carbocycles. The zero-order chi connectivity index (χ0) is 47.0. The average Bonchev–Trinajstić information content (AvgIpc) is 3.28. The number of unbranched alkanes of at least 4 members (excludes halogenated alkanes) is 8. The first-order valence-corrected chi connectivity index (χ1v) is 25.3. The summed E-state index contributed by atoms with van der Waals surface area (Å²) in [6.07, 6.45) is 52.7. The molecule has 3 unspecified atom stereocenters. The summed E-state index contributed by atoms with van der Waals surface area (Å²) in [5.74, 6) is -1.72. The van der Waals surface area contributed by atoms with Crippen LogP contribution in [0.1, 0.15) is 162 Å². The van der Waals surface area contributed by atoms with Crippen LogP contribution in [0, 0.1) is 0 Å². The summed E-state index contributed by atoms with van der Waals surface area (Å²) >= 11 is 0. The van der Waals surface area contributed by atoms with E-state index in [1.54, 1.807) is 6.08 Å². The van der Waals surface area contributed by atoms with Gasteiger partial charge in [0.25, 0.3) is 0 Å². The van der Waals surface area contributed by atoms with E-state index in [0.717, 1.165) is 70.6 Å². The van der Waals surface area contributed by atoms with Crippen LogP contribution in [-0.2, 0) is 42.2 Å². The predicted octanol–water partition coefficient (Wildman–Crippen LogP) is 13.1. The third kappa shape index (κ3) is 43.4. The van der Waals surface area contributed by atoms with Crippen molar-refractivity contribution >= 4 is 25.7 Å². The maximum atomic E-state index is 12.8. The SMILES string of the molecule is CC/C=C\C/C=C\C/C=C\C/C=C\C/C=C\CC(=O)OC(COC(=O)CCCCCCCCCCC)COP(=O)(O)OCC(CO)OC(=O)CC/C=C\C/C=C\C/C=C\C/C=C\CC. The van der Waals surface area contributed by atoms with Crippen LogP contribution in [0.3, 0.4) is 0 Å². The Hall–Kier alpha value is -3.86. The van der Waals surface area contributed by atoms with Gasteiger partial charge in [-0.15, -0.1) is 0 Å². The first-order chi connectivity index (χ1) is 31.2. The molecule has 0 aromatic rings. The molecule has 0 aliphatic rings. The lowest BCUT2D eigenvalue weighted by atomic mass is 10.1. The van der Waals surface area contributed by atoms with Crippen LogP contribution >= 0.6 is 7.82 Å². The first kappa shape index (κ1) is 60.1. The quantitative estimate of drug-likeness (QED) is 0.0198. The highest BCUT2D eigenvalue weighted by molar-refractivity contribution is 7.47. The van der Waals surface area contributed by atoms with Gasteiger partial charge in [-0.25, -0.2) is 4.57 Å². The summed E-state index contributed by atoms with van der Waals surface area (Å²) in [5.41, 5.74) is 0. The molecule has 0 aliphatic heterocycles. The van der Waals surface area contributed by atoms with Gasteiger partial charge < -0.3 is 24.2 Å². The van der Waals surface area contributed by atoms with E-state index in [1.807, 2.05) is 36.5 Å². The fourth-order valence-electron chi connectivity index (χ4n) is 5.68. The molecule has 0 saturated carbocycles. The van der Waals surface area contributed by atoms with E-state index in [0.29, 0.717) is 19.3 Å². The van der Waals surface area contributed by atoms with Gasteiger partial charge in [0, 0.05) is 12.8 Å². The van der Waals surface area contributed by atoms with E-state index >= 15 is 0 Å². The average molecular weight is 915 g/mol. The predicted molar refractivity (Wildman–Crippen MR) is 260 cm³/mol. The molecule has 0 fully saturated rings. The van der Waals surface area contributed by atoms with Crippen LogP contribution in [0.25, 0.3) is 0 Å². The monoisotopic (exact) mass is 915 g/mol. The largest absolute Gasteiger partial charge is 0.472 e. The summed E-state index contributed by atoms with van der Waals surface area (Å²) in [7, 11) is -4.78. The Bertz CT molecular complexity index is 1490. The first-order valence-electron chi connectivity index (χ1n) is 23.8. The Balaban J connectivity index is 4.94. The minimum atomic E-state index is -4.78. The van der Waals surface area contributed by atoms with Crippen molar-refractivity contribution in [3.63, 3.8) is 0 Å². The molecule has 0 radical (unpaired) electrons. The molecule has 11 nitrogen and oxygen atoms in total. The minimum Gasteiger partial charge on any atom is -0.462 e. The van der Waals surface area contributed by atoms with E-state index in [1.165, 1.54) is 32.1 Å². The van der Waals surface area contributed by atoms with Crippen molar-refractivity contribution in [1.82, 2.24) is 0 Å². The molecular weight excluding hydrogens is 832 g/mol. The molecule has 0 rings (SSSR count). The van der Waals surface area contributed by atoms with Crippen LogP contribution in [0.2, 0.25) is 0 Å². The molecule has 64 heavy (non-hydrogen) atoms. The topological polar surface area (TPSA) is 155 Å². The van der Waals surface area contributed by atoms with Crippen molar-refractivity contribution in [2.45, 2.75) is 174 Å². The number of aliphatic hydroxyl groups is 1. The number of phosphoric acid groups is 1. The highest BCUT2D eigenvalue weighted by Crippen LogP contribution is 2.43. The van der Waals surface area contributed by atoms with Gasteiger partial charge in [0.15, 0.2) is 6.10 Å². The van der Waals surface area contributed by atoms with E-state index in [9.17, 15) is 28.9 Å². The van der Waals surface area contributed by atoms with Crippen LogP contribution in [0.5, 0.6) is 0 Å². The highest BCUT2D eigenvalue weighted by Gasteiger charge is 2.28. The normalized spacial score (nSPS) is 14.5. The molecule has 362 valence electrons. The number of aliphatic hydroxyl groups excluding tert-OH is 1. The summed E-state index contributed by atoms with van der Waals surface area (Å²) in [6.45, 7) is 4.14. The van der Waals surface area contributed by atoms with E-state index < -0.39 is 57.8 Å². The zero-order valence-electron chi connectivity index (χ0n) is 39.4. The Labute approximate surface area is 386 Å². The Morgan fingerprint density at radius 1 is 0.469 bits per heavy atom. The van der Waals surface area contributed by atoms with Gasteiger partial charge in [-0.3, -0.25) is 23.4 Å². The summed E-state index contributed by atoms with van der Waals surface area (Å²) in [6, 6.07) is 0. The molecular formula is C52H83O11P. The number of allylic oxidation sites excluding steroid dienone is 17. The fourth-order valence-corrected chi connectivity index (χ4v) is 6.46. The number of hydrogen-bond donors (Lipinski definition) is 2. The molecule has 0 amide bonds. The van der Waals surface area contributed by atoms with Gasteiger partial charge in [-0.2, -0.15) is 0 Å². The Kier molecular flexibility index (Phi) is 42.9. The van der Waals surface area contributed by atoms with E-state index in [-0.39, 0.29) is 25.9 Å². The molecule has 0 saturated heterocycles. The van der Waals surface area contributed by atoms with Crippen molar-refractivity contribution in [1.29, 1.82) is 0 Å². The van der Waals surface area contributed by atoms with Crippen molar-refractivity contribution in [3.8, 4) is 0 Å². The molecule has 0 spiro atoms. The van der Waals surface area contributed by atoms with Crippen LogP contribution < -0.4 is 0 Å². The van der Waals surface area contributed by atoms with Gasteiger partial charge in [0.2, 0.25) is 0 Å². The number of phosphoric ester groups is 1. The van der Waals surface area contributed by atoms with Crippen LogP contribution in [0.15, 0.2) is 109 Å². The zero-order valence-corrected chi connectivity index (χ0v) is 40.3. The number of carbonyl (C=O) groups excluding carboxylic acids is 3. The Morgan fingerprint density at radius 2 is 0.875 bits per heavy atom. The van der Waals surface area contributed by atoms with E-state index in [2.05, 4.69) is 87.6 Å². The number of carbonyl (C=O) groups is 3. The maximum absolute atomic E-state index is 12.8. The highest BCUT2D eigenvalue weighted by atomic mass is 31.2. The minimum absolute atomic E-state index is 0.0442.